The lowest BCUT2D eigenvalue weighted by Gasteiger charge is -2.11. The molecule has 1 aromatic rings. The minimum atomic E-state index is -0.258. The van der Waals surface area contributed by atoms with Gasteiger partial charge in [-0.1, -0.05) is 56.5 Å². The first-order chi connectivity index (χ1) is 9.22. The Kier molecular flexibility index (Phi) is 7.64. The van der Waals surface area contributed by atoms with Crippen molar-refractivity contribution in [3.8, 4) is 0 Å². The van der Waals surface area contributed by atoms with E-state index in [1.807, 2.05) is 37.3 Å². The van der Waals surface area contributed by atoms with Crippen molar-refractivity contribution in [3.63, 3.8) is 0 Å². The zero-order valence-electron chi connectivity index (χ0n) is 12.0. The van der Waals surface area contributed by atoms with Gasteiger partial charge in [-0.3, -0.25) is 0 Å². The monoisotopic (exact) mass is 260 g/mol. The molecule has 1 atom stereocenters. The van der Waals surface area contributed by atoms with E-state index in [4.69, 9.17) is 4.74 Å². The fraction of sp³-hybridized carbons (Fsp3) is 0.471. The fourth-order valence-corrected chi connectivity index (χ4v) is 1.88. The Bertz CT molecular complexity index is 382. The van der Waals surface area contributed by atoms with Crippen LogP contribution in [0.2, 0.25) is 0 Å². The van der Waals surface area contributed by atoms with Crippen LogP contribution in [0.4, 0.5) is 0 Å². The van der Waals surface area contributed by atoms with Crippen LogP contribution in [-0.4, -0.2) is 12.1 Å². The summed E-state index contributed by atoms with van der Waals surface area (Å²) in [7, 11) is 0. The van der Waals surface area contributed by atoms with E-state index in [1.165, 1.54) is 25.3 Å². The summed E-state index contributed by atoms with van der Waals surface area (Å²) in [5.74, 6) is -0.258. The Morgan fingerprint density at radius 3 is 2.63 bits per heavy atom. The molecule has 0 aliphatic carbocycles. The Morgan fingerprint density at radius 1 is 1.21 bits per heavy atom. The zero-order chi connectivity index (χ0) is 13.9. The van der Waals surface area contributed by atoms with Crippen molar-refractivity contribution >= 4 is 12.0 Å². The van der Waals surface area contributed by atoms with Crippen molar-refractivity contribution in [3.05, 3.63) is 42.0 Å². The van der Waals surface area contributed by atoms with Gasteiger partial charge in [-0.25, -0.2) is 4.79 Å². The number of carbonyl (C=O) groups excluding carboxylic acids is 1. The lowest BCUT2D eigenvalue weighted by Crippen LogP contribution is -2.12. The number of esters is 1. The maximum Gasteiger partial charge on any atom is 0.331 e. The maximum absolute atomic E-state index is 11.6. The van der Waals surface area contributed by atoms with Crippen LogP contribution in [-0.2, 0) is 9.53 Å². The van der Waals surface area contributed by atoms with Crippen LogP contribution in [0.1, 0.15) is 51.5 Å². The minimum Gasteiger partial charge on any atom is -0.460 e. The van der Waals surface area contributed by atoms with Gasteiger partial charge in [0.05, 0.1) is 6.10 Å². The number of benzene rings is 1. The molecule has 0 fully saturated rings. The van der Waals surface area contributed by atoms with Gasteiger partial charge in [0.2, 0.25) is 0 Å². The predicted molar refractivity (Wildman–Crippen MR) is 79.8 cm³/mol. The molecule has 0 amide bonds. The highest BCUT2D eigenvalue weighted by Gasteiger charge is 2.06. The molecule has 0 aliphatic rings. The largest absolute Gasteiger partial charge is 0.460 e. The topological polar surface area (TPSA) is 26.3 Å². The van der Waals surface area contributed by atoms with E-state index in [2.05, 4.69) is 6.92 Å². The molecule has 1 aromatic carbocycles. The first-order valence-electron chi connectivity index (χ1n) is 7.16. The second-order valence-corrected chi connectivity index (χ2v) is 4.84. The molecule has 2 nitrogen and oxygen atoms in total. The van der Waals surface area contributed by atoms with E-state index in [0.717, 1.165) is 18.4 Å². The third-order valence-corrected chi connectivity index (χ3v) is 2.99. The van der Waals surface area contributed by atoms with Crippen molar-refractivity contribution in [1.82, 2.24) is 0 Å². The molecule has 0 radical (unpaired) electrons. The van der Waals surface area contributed by atoms with E-state index in [1.54, 1.807) is 6.08 Å². The Balaban J connectivity index is 2.25. The van der Waals surface area contributed by atoms with Gasteiger partial charge in [0.1, 0.15) is 0 Å². The molecule has 104 valence electrons. The van der Waals surface area contributed by atoms with E-state index in [0.29, 0.717) is 0 Å². The summed E-state index contributed by atoms with van der Waals surface area (Å²) in [5, 5.41) is 0. The lowest BCUT2D eigenvalue weighted by molar-refractivity contribution is -0.142. The standard InChI is InChI=1S/C17H24O2/c1-3-4-5-7-10-15(2)19-17(18)14-13-16-11-8-6-9-12-16/h6,8-9,11-15H,3-5,7,10H2,1-2H3/b14-13+/t15-/m0/s1. The summed E-state index contributed by atoms with van der Waals surface area (Å²) in [6, 6.07) is 9.76. The van der Waals surface area contributed by atoms with Gasteiger partial charge in [0.15, 0.2) is 0 Å². The molecule has 0 N–H and O–H groups in total. The molecule has 19 heavy (non-hydrogen) atoms. The third-order valence-electron chi connectivity index (χ3n) is 2.99. The van der Waals surface area contributed by atoms with Crippen molar-refractivity contribution in [2.24, 2.45) is 0 Å². The molecule has 1 rings (SSSR count). The zero-order valence-corrected chi connectivity index (χ0v) is 12.0. The Morgan fingerprint density at radius 2 is 1.95 bits per heavy atom. The molecule has 2 heteroatoms. The third kappa shape index (κ3) is 7.45. The van der Waals surface area contributed by atoms with Gasteiger partial charge in [-0.15, -0.1) is 0 Å². The molecular formula is C17H24O2. The average molecular weight is 260 g/mol. The second kappa shape index (κ2) is 9.37. The van der Waals surface area contributed by atoms with Crippen LogP contribution in [0.25, 0.3) is 6.08 Å². The highest BCUT2D eigenvalue weighted by molar-refractivity contribution is 5.87. The van der Waals surface area contributed by atoms with Crippen molar-refractivity contribution in [2.75, 3.05) is 0 Å². The first-order valence-corrected chi connectivity index (χ1v) is 7.16. The summed E-state index contributed by atoms with van der Waals surface area (Å²) in [5.41, 5.74) is 1.01. The molecule has 0 aliphatic heterocycles. The SMILES string of the molecule is CCCCCC[C@H](C)OC(=O)/C=C/c1ccccc1. The van der Waals surface area contributed by atoms with Crippen molar-refractivity contribution in [2.45, 2.75) is 52.1 Å². The van der Waals surface area contributed by atoms with Gasteiger partial charge in [-0.05, 0) is 31.4 Å². The van der Waals surface area contributed by atoms with Gasteiger partial charge in [0, 0.05) is 6.08 Å². The Hall–Kier alpha value is -1.57. The molecular weight excluding hydrogens is 236 g/mol. The highest BCUT2D eigenvalue weighted by Crippen LogP contribution is 2.08. The summed E-state index contributed by atoms with van der Waals surface area (Å²) in [6.07, 6.45) is 9.07. The molecule has 0 unspecified atom stereocenters. The van der Waals surface area contributed by atoms with Crippen LogP contribution in [0.15, 0.2) is 36.4 Å². The smallest absolute Gasteiger partial charge is 0.331 e. The quantitative estimate of drug-likeness (QED) is 0.388. The maximum atomic E-state index is 11.6. The number of unbranched alkanes of at least 4 members (excludes halogenated alkanes) is 3. The van der Waals surface area contributed by atoms with Crippen LogP contribution >= 0.6 is 0 Å². The first kappa shape index (κ1) is 15.5. The second-order valence-electron chi connectivity index (χ2n) is 4.84. The van der Waals surface area contributed by atoms with Gasteiger partial charge < -0.3 is 4.74 Å². The normalized spacial score (nSPS) is 12.5. The van der Waals surface area contributed by atoms with Crippen LogP contribution in [0.5, 0.6) is 0 Å². The van der Waals surface area contributed by atoms with E-state index in [-0.39, 0.29) is 12.1 Å². The van der Waals surface area contributed by atoms with Gasteiger partial charge >= 0.3 is 5.97 Å². The van der Waals surface area contributed by atoms with Crippen LogP contribution < -0.4 is 0 Å². The summed E-state index contributed by atoms with van der Waals surface area (Å²) >= 11 is 0. The average Bonchev–Trinajstić information content (AvgIpc) is 2.42. The number of ether oxygens (including phenoxy) is 1. The fourth-order valence-electron chi connectivity index (χ4n) is 1.88. The van der Waals surface area contributed by atoms with Gasteiger partial charge in [-0.2, -0.15) is 0 Å². The van der Waals surface area contributed by atoms with E-state index >= 15 is 0 Å². The summed E-state index contributed by atoms with van der Waals surface area (Å²) in [6.45, 7) is 4.15. The van der Waals surface area contributed by atoms with Crippen molar-refractivity contribution in [1.29, 1.82) is 0 Å². The number of hydrogen-bond donors (Lipinski definition) is 0. The predicted octanol–water partition coefficient (Wildman–Crippen LogP) is 4.60. The number of carbonyl (C=O) groups is 1. The molecule has 0 bridgehead atoms. The van der Waals surface area contributed by atoms with Crippen LogP contribution in [0.3, 0.4) is 0 Å². The number of hydrogen-bond acceptors (Lipinski definition) is 2. The summed E-state index contributed by atoms with van der Waals surface area (Å²) in [4.78, 5) is 11.6. The van der Waals surface area contributed by atoms with Crippen molar-refractivity contribution < 1.29 is 9.53 Å². The minimum absolute atomic E-state index is 0.00443. The molecule has 0 saturated carbocycles. The van der Waals surface area contributed by atoms with Gasteiger partial charge in [0.25, 0.3) is 0 Å². The summed E-state index contributed by atoms with van der Waals surface area (Å²) < 4.78 is 5.33. The molecule has 0 saturated heterocycles. The lowest BCUT2D eigenvalue weighted by atomic mass is 10.1. The van der Waals surface area contributed by atoms with E-state index in [9.17, 15) is 4.79 Å². The molecule has 0 heterocycles. The number of rotatable bonds is 8. The van der Waals surface area contributed by atoms with Crippen LogP contribution in [0, 0.1) is 0 Å². The molecule has 0 spiro atoms. The highest BCUT2D eigenvalue weighted by atomic mass is 16.5. The molecule has 0 aromatic heterocycles. The van der Waals surface area contributed by atoms with E-state index < -0.39 is 0 Å². The Labute approximate surface area is 116 Å².